The molecule has 102 valence electrons. The summed E-state index contributed by atoms with van der Waals surface area (Å²) in [5.74, 6) is -0.00594. The fourth-order valence-corrected chi connectivity index (χ4v) is 3.83. The average Bonchev–Trinajstić information content (AvgIpc) is 2.61. The predicted octanol–water partition coefficient (Wildman–Crippen LogP) is 3.03. The van der Waals surface area contributed by atoms with Crippen LogP contribution in [0.5, 0.6) is 0 Å². The van der Waals surface area contributed by atoms with E-state index in [1.54, 1.807) is 0 Å². The van der Waals surface area contributed by atoms with Crippen molar-refractivity contribution < 1.29 is 9.90 Å². The third kappa shape index (κ3) is 2.26. The molecule has 2 aliphatic heterocycles. The summed E-state index contributed by atoms with van der Waals surface area (Å²) in [6.07, 6.45) is 3.77. The Morgan fingerprint density at radius 3 is 2.47 bits per heavy atom. The van der Waals surface area contributed by atoms with Gasteiger partial charge in [-0.25, -0.2) is 0 Å². The molecule has 0 radical (unpaired) electrons. The van der Waals surface area contributed by atoms with E-state index in [-0.39, 0.29) is 11.9 Å². The van der Waals surface area contributed by atoms with Gasteiger partial charge in [0.15, 0.2) is 5.78 Å². The van der Waals surface area contributed by atoms with Gasteiger partial charge in [-0.2, -0.15) is 0 Å². The summed E-state index contributed by atoms with van der Waals surface area (Å²) >= 11 is 6.19. The molecule has 0 spiro atoms. The smallest absolute Gasteiger partial charge is 0.161 e. The van der Waals surface area contributed by atoms with Crippen LogP contribution in [0, 0.1) is 0 Å². The van der Waals surface area contributed by atoms with Gasteiger partial charge in [-0.15, -0.1) is 0 Å². The standard InChI is InChI=1S/C15H18ClNO2/c1-9(18)14-5-4-12(8-15(14)16)17-10-2-3-11(17)7-13(19)6-10/h4-5,8,10-11,13,19H,2-3,6-7H2,1H3. The molecule has 2 saturated heterocycles. The van der Waals surface area contributed by atoms with Gasteiger partial charge in [0.25, 0.3) is 0 Å². The molecular weight excluding hydrogens is 262 g/mol. The van der Waals surface area contributed by atoms with E-state index in [4.69, 9.17) is 11.6 Å². The molecule has 2 aliphatic rings. The highest BCUT2D eigenvalue weighted by Gasteiger charge is 2.40. The molecule has 1 aromatic carbocycles. The van der Waals surface area contributed by atoms with Crippen molar-refractivity contribution in [3.8, 4) is 0 Å². The zero-order valence-electron chi connectivity index (χ0n) is 11.0. The molecule has 2 unspecified atom stereocenters. The first-order valence-electron chi connectivity index (χ1n) is 6.83. The topological polar surface area (TPSA) is 40.5 Å². The van der Waals surface area contributed by atoms with Crippen molar-refractivity contribution >= 4 is 23.1 Å². The summed E-state index contributed by atoms with van der Waals surface area (Å²) in [6.45, 7) is 1.53. The lowest BCUT2D eigenvalue weighted by Gasteiger charge is -2.39. The normalized spacial score (nSPS) is 29.6. The van der Waals surface area contributed by atoms with Gasteiger partial charge in [-0.3, -0.25) is 4.79 Å². The van der Waals surface area contributed by atoms with Gasteiger partial charge in [-0.1, -0.05) is 11.6 Å². The summed E-state index contributed by atoms with van der Waals surface area (Å²) in [5, 5.41) is 10.4. The fourth-order valence-electron chi connectivity index (χ4n) is 3.52. The first-order valence-corrected chi connectivity index (χ1v) is 7.21. The minimum Gasteiger partial charge on any atom is -0.393 e. The summed E-state index contributed by atoms with van der Waals surface area (Å²) in [4.78, 5) is 13.8. The lowest BCUT2D eigenvalue weighted by atomic mass is 9.98. The third-order valence-corrected chi connectivity index (χ3v) is 4.65. The molecule has 2 bridgehead atoms. The van der Waals surface area contributed by atoms with Gasteiger partial charge in [0, 0.05) is 23.3 Å². The molecule has 0 saturated carbocycles. The third-order valence-electron chi connectivity index (χ3n) is 4.34. The average molecular weight is 280 g/mol. The Labute approximate surface area is 118 Å². The molecule has 0 aromatic heterocycles. The van der Waals surface area contributed by atoms with Crippen LogP contribution in [0.25, 0.3) is 0 Å². The predicted molar refractivity (Wildman–Crippen MR) is 76.0 cm³/mol. The van der Waals surface area contributed by atoms with E-state index < -0.39 is 0 Å². The van der Waals surface area contributed by atoms with E-state index in [0.29, 0.717) is 22.7 Å². The Balaban J connectivity index is 1.91. The summed E-state index contributed by atoms with van der Waals surface area (Å²) < 4.78 is 0. The highest BCUT2D eigenvalue weighted by atomic mass is 35.5. The Bertz CT molecular complexity index is 503. The highest BCUT2D eigenvalue weighted by molar-refractivity contribution is 6.34. The zero-order chi connectivity index (χ0) is 13.6. The number of hydrogen-bond donors (Lipinski definition) is 1. The lowest BCUT2D eigenvalue weighted by Crippen LogP contribution is -2.44. The van der Waals surface area contributed by atoms with E-state index in [1.807, 2.05) is 18.2 Å². The minimum atomic E-state index is -0.166. The monoisotopic (exact) mass is 279 g/mol. The van der Waals surface area contributed by atoms with Gasteiger partial charge in [0.1, 0.15) is 0 Å². The molecule has 0 aliphatic carbocycles. The second kappa shape index (κ2) is 4.80. The van der Waals surface area contributed by atoms with Crippen molar-refractivity contribution in [1.29, 1.82) is 0 Å². The molecule has 1 aromatic rings. The van der Waals surface area contributed by atoms with Gasteiger partial charge in [0.05, 0.1) is 11.1 Å². The van der Waals surface area contributed by atoms with Crippen molar-refractivity contribution in [3.63, 3.8) is 0 Å². The number of carbonyl (C=O) groups excluding carboxylic acids is 1. The van der Waals surface area contributed by atoms with Crippen molar-refractivity contribution in [1.82, 2.24) is 0 Å². The Morgan fingerprint density at radius 1 is 1.32 bits per heavy atom. The molecule has 2 atom stereocenters. The second-order valence-electron chi connectivity index (χ2n) is 5.64. The van der Waals surface area contributed by atoms with Crippen LogP contribution in [0.4, 0.5) is 5.69 Å². The van der Waals surface area contributed by atoms with Crippen LogP contribution in [0.1, 0.15) is 43.0 Å². The maximum absolute atomic E-state index is 11.4. The molecule has 3 rings (SSSR count). The number of Topliss-reactive ketones (excluding diaryl/α,β-unsaturated/α-hetero) is 1. The van der Waals surface area contributed by atoms with Crippen molar-refractivity contribution in [2.45, 2.75) is 50.8 Å². The molecule has 1 N–H and O–H groups in total. The van der Waals surface area contributed by atoms with Gasteiger partial charge < -0.3 is 10.0 Å². The SMILES string of the molecule is CC(=O)c1ccc(N2C3CCC2CC(O)C3)cc1Cl. The van der Waals surface area contributed by atoms with Crippen LogP contribution in [-0.4, -0.2) is 29.1 Å². The van der Waals surface area contributed by atoms with Crippen LogP contribution in [0.2, 0.25) is 5.02 Å². The van der Waals surface area contributed by atoms with Crippen LogP contribution in [0.15, 0.2) is 18.2 Å². The lowest BCUT2D eigenvalue weighted by molar-refractivity contribution is 0.101. The molecule has 19 heavy (non-hydrogen) atoms. The largest absolute Gasteiger partial charge is 0.393 e. The van der Waals surface area contributed by atoms with Crippen LogP contribution in [0.3, 0.4) is 0 Å². The summed E-state index contributed by atoms with van der Waals surface area (Å²) in [7, 11) is 0. The quantitative estimate of drug-likeness (QED) is 0.846. The molecule has 0 amide bonds. The number of ketones is 1. The number of nitrogens with zero attached hydrogens (tertiary/aromatic N) is 1. The van der Waals surface area contributed by atoms with Crippen molar-refractivity contribution in [3.05, 3.63) is 28.8 Å². The number of hydrogen-bond acceptors (Lipinski definition) is 3. The summed E-state index contributed by atoms with van der Waals surface area (Å²) in [6, 6.07) is 6.50. The summed E-state index contributed by atoms with van der Waals surface area (Å²) in [5.41, 5.74) is 1.66. The first-order chi connectivity index (χ1) is 9.06. The Hall–Kier alpha value is -1.06. The Kier molecular flexibility index (Phi) is 3.27. The van der Waals surface area contributed by atoms with Crippen LogP contribution < -0.4 is 4.90 Å². The van der Waals surface area contributed by atoms with Crippen molar-refractivity contribution in [2.75, 3.05) is 4.90 Å². The molecule has 3 nitrogen and oxygen atoms in total. The Morgan fingerprint density at radius 2 is 1.95 bits per heavy atom. The highest BCUT2D eigenvalue weighted by Crippen LogP contribution is 2.40. The van der Waals surface area contributed by atoms with E-state index in [9.17, 15) is 9.90 Å². The second-order valence-corrected chi connectivity index (χ2v) is 6.05. The maximum Gasteiger partial charge on any atom is 0.161 e. The van der Waals surface area contributed by atoms with E-state index in [2.05, 4.69) is 4.90 Å². The molecule has 4 heteroatoms. The number of halogens is 1. The first kappa shape index (κ1) is 12.9. The number of anilines is 1. The van der Waals surface area contributed by atoms with Crippen LogP contribution >= 0.6 is 11.6 Å². The number of benzene rings is 1. The fraction of sp³-hybridized carbons (Fsp3) is 0.533. The maximum atomic E-state index is 11.4. The zero-order valence-corrected chi connectivity index (χ0v) is 11.7. The van der Waals surface area contributed by atoms with E-state index in [1.165, 1.54) is 6.92 Å². The number of carbonyl (C=O) groups is 1. The van der Waals surface area contributed by atoms with Crippen LogP contribution in [-0.2, 0) is 0 Å². The van der Waals surface area contributed by atoms with Gasteiger partial charge >= 0.3 is 0 Å². The molecule has 2 fully saturated rings. The van der Waals surface area contributed by atoms with E-state index >= 15 is 0 Å². The number of rotatable bonds is 2. The molecular formula is C15H18ClNO2. The number of piperidine rings is 1. The number of aliphatic hydroxyl groups excluding tert-OH is 1. The van der Waals surface area contributed by atoms with Crippen molar-refractivity contribution in [2.24, 2.45) is 0 Å². The van der Waals surface area contributed by atoms with Gasteiger partial charge in [-0.05, 0) is 50.8 Å². The number of fused-ring (bicyclic) bond motifs is 2. The van der Waals surface area contributed by atoms with E-state index in [0.717, 1.165) is 31.4 Å². The van der Waals surface area contributed by atoms with Gasteiger partial charge in [0.2, 0.25) is 0 Å². The minimum absolute atomic E-state index is 0.00594. The number of aliphatic hydroxyl groups is 1. The molecule has 2 heterocycles.